The van der Waals surface area contributed by atoms with E-state index in [1.807, 2.05) is 24.3 Å². The van der Waals surface area contributed by atoms with E-state index in [2.05, 4.69) is 15.9 Å². The molecule has 0 aliphatic carbocycles. The predicted molar refractivity (Wildman–Crippen MR) is 77.2 cm³/mol. The number of alkyl halides is 3. The monoisotopic (exact) mass is 369 g/mol. The Labute approximate surface area is 129 Å². The first kappa shape index (κ1) is 16.9. The minimum Gasteiger partial charge on any atom is -0.436 e. The lowest BCUT2D eigenvalue weighted by Gasteiger charge is -2.16. The van der Waals surface area contributed by atoms with Gasteiger partial charge in [-0.3, -0.25) is 0 Å². The lowest BCUT2D eigenvalue weighted by atomic mass is 10.2. The van der Waals surface area contributed by atoms with Gasteiger partial charge in [0, 0.05) is 24.1 Å². The Kier molecular flexibility index (Phi) is 5.53. The topological polar surface area (TPSA) is 16.4 Å². The summed E-state index contributed by atoms with van der Waals surface area (Å²) in [7, 11) is 1.68. The molecule has 0 aliphatic heterocycles. The van der Waals surface area contributed by atoms with Gasteiger partial charge in [-0.2, -0.15) is 13.2 Å². The van der Waals surface area contributed by atoms with Gasteiger partial charge in [-0.25, -0.2) is 0 Å². The maximum absolute atomic E-state index is 12.4. The van der Waals surface area contributed by atoms with Crippen molar-refractivity contribution in [2.24, 2.45) is 0 Å². The zero-order valence-electron chi connectivity index (χ0n) is 10.4. The Morgan fingerprint density at radius 3 is 2.20 bits per heavy atom. The number of hydrogen-bond acceptors (Lipinski definition) is 2. The zero-order chi connectivity index (χ0) is 14.0. The minimum absolute atomic E-state index is 0. The normalized spacial score (nSPS) is 11.1. The molecular weight excluding hydrogens is 358 g/mol. The van der Waals surface area contributed by atoms with E-state index < -0.39 is 11.9 Å². The molecule has 0 N–H and O–H groups in total. The number of nitrogens with zero attached hydrogens (tertiary/aromatic N) is 1. The quantitative estimate of drug-likeness (QED) is 0.746. The van der Waals surface area contributed by atoms with E-state index in [1.54, 1.807) is 11.9 Å². The van der Waals surface area contributed by atoms with Gasteiger partial charge in [0.15, 0.2) is 5.88 Å². The van der Waals surface area contributed by atoms with Gasteiger partial charge in [0.1, 0.15) is 0 Å². The van der Waals surface area contributed by atoms with Crippen LogP contribution in [0.4, 0.5) is 19.1 Å². The number of benzene rings is 1. The Hall–Kier alpha value is -1.14. The summed E-state index contributed by atoms with van der Waals surface area (Å²) >= 11 is 3.32. The van der Waals surface area contributed by atoms with Crippen LogP contribution in [0.15, 0.2) is 45.3 Å². The summed E-state index contributed by atoms with van der Waals surface area (Å²) in [6, 6.07) is 9.82. The van der Waals surface area contributed by atoms with Crippen molar-refractivity contribution in [2.75, 3.05) is 11.9 Å². The van der Waals surface area contributed by atoms with Crippen LogP contribution in [0.1, 0.15) is 11.3 Å². The summed E-state index contributed by atoms with van der Waals surface area (Å²) in [5, 5.41) is 0. The number of halogens is 5. The Bertz CT molecular complexity index is 553. The van der Waals surface area contributed by atoms with Gasteiger partial charge in [0.2, 0.25) is 5.76 Å². The maximum Gasteiger partial charge on any atom is 0.449 e. The Morgan fingerprint density at radius 1 is 1.10 bits per heavy atom. The summed E-state index contributed by atoms with van der Waals surface area (Å²) in [6.07, 6.45) is -4.45. The van der Waals surface area contributed by atoms with Gasteiger partial charge >= 0.3 is 6.18 Å². The summed E-state index contributed by atoms with van der Waals surface area (Å²) in [5.41, 5.74) is 0.982. The molecule has 0 radical (unpaired) electrons. The molecule has 2 nitrogen and oxygen atoms in total. The lowest BCUT2D eigenvalue weighted by molar-refractivity contribution is -0.152. The molecule has 0 fully saturated rings. The van der Waals surface area contributed by atoms with Gasteiger partial charge in [0.25, 0.3) is 0 Å². The average molecular weight is 371 g/mol. The van der Waals surface area contributed by atoms with Crippen molar-refractivity contribution in [3.05, 3.63) is 52.2 Å². The van der Waals surface area contributed by atoms with E-state index in [0.717, 1.165) is 16.1 Å². The molecule has 1 aromatic carbocycles. The summed E-state index contributed by atoms with van der Waals surface area (Å²) in [5.74, 6) is -0.791. The van der Waals surface area contributed by atoms with Crippen LogP contribution in [0.3, 0.4) is 0 Å². The Morgan fingerprint density at radius 2 is 1.70 bits per heavy atom. The SMILES string of the molecule is CN(Cc1ccc(Br)cc1)c1ccc(C(F)(F)F)o1.Cl. The van der Waals surface area contributed by atoms with Crippen molar-refractivity contribution in [3.8, 4) is 0 Å². The van der Waals surface area contributed by atoms with E-state index in [-0.39, 0.29) is 18.3 Å². The van der Waals surface area contributed by atoms with Crippen LogP contribution in [-0.2, 0) is 12.7 Å². The lowest BCUT2D eigenvalue weighted by Crippen LogP contribution is -2.15. The molecule has 110 valence electrons. The minimum atomic E-state index is -4.45. The van der Waals surface area contributed by atoms with Gasteiger partial charge in [-0.15, -0.1) is 12.4 Å². The number of anilines is 1. The van der Waals surface area contributed by atoms with Crippen molar-refractivity contribution < 1.29 is 17.6 Å². The predicted octanol–water partition coefficient (Wildman–Crippen LogP) is 5.12. The summed E-state index contributed by atoms with van der Waals surface area (Å²) in [6.45, 7) is 0.470. The summed E-state index contributed by atoms with van der Waals surface area (Å²) < 4.78 is 43.0. The number of rotatable bonds is 3. The van der Waals surface area contributed by atoms with Gasteiger partial charge in [0.05, 0.1) is 0 Å². The van der Waals surface area contributed by atoms with Crippen molar-refractivity contribution in [2.45, 2.75) is 12.7 Å². The molecule has 0 spiro atoms. The second-order valence-electron chi connectivity index (χ2n) is 4.12. The first-order valence-corrected chi connectivity index (χ1v) is 6.28. The molecular formula is C13H12BrClF3NO. The molecule has 1 aromatic heterocycles. The van der Waals surface area contributed by atoms with E-state index in [4.69, 9.17) is 4.42 Å². The molecule has 2 rings (SSSR count). The van der Waals surface area contributed by atoms with Crippen molar-refractivity contribution >= 4 is 34.2 Å². The largest absolute Gasteiger partial charge is 0.449 e. The molecule has 0 aliphatic rings. The molecule has 2 aromatic rings. The third-order valence-electron chi connectivity index (χ3n) is 2.58. The van der Waals surface area contributed by atoms with E-state index in [0.29, 0.717) is 6.54 Å². The highest BCUT2D eigenvalue weighted by Gasteiger charge is 2.35. The fraction of sp³-hybridized carbons (Fsp3) is 0.231. The van der Waals surface area contributed by atoms with Crippen LogP contribution >= 0.6 is 28.3 Å². The highest BCUT2D eigenvalue weighted by Crippen LogP contribution is 2.33. The molecule has 0 saturated carbocycles. The van der Waals surface area contributed by atoms with E-state index >= 15 is 0 Å². The smallest absolute Gasteiger partial charge is 0.436 e. The van der Waals surface area contributed by atoms with E-state index in [1.165, 1.54) is 6.07 Å². The molecule has 0 unspecified atom stereocenters. The van der Waals surface area contributed by atoms with Gasteiger partial charge in [-0.1, -0.05) is 28.1 Å². The zero-order valence-corrected chi connectivity index (χ0v) is 12.8. The van der Waals surface area contributed by atoms with Crippen molar-refractivity contribution in [1.29, 1.82) is 0 Å². The maximum atomic E-state index is 12.4. The van der Waals surface area contributed by atoms with Crippen molar-refractivity contribution in [1.82, 2.24) is 0 Å². The number of furan rings is 1. The first-order chi connectivity index (χ1) is 8.86. The summed E-state index contributed by atoms with van der Waals surface area (Å²) in [4.78, 5) is 1.62. The molecule has 0 saturated heterocycles. The molecule has 1 heterocycles. The van der Waals surface area contributed by atoms with Crippen LogP contribution in [-0.4, -0.2) is 7.05 Å². The highest BCUT2D eigenvalue weighted by molar-refractivity contribution is 9.10. The number of hydrogen-bond donors (Lipinski definition) is 0. The van der Waals surface area contributed by atoms with Gasteiger partial charge < -0.3 is 9.32 Å². The van der Waals surface area contributed by atoms with Crippen LogP contribution in [0.25, 0.3) is 0 Å². The standard InChI is InChI=1S/C13H11BrF3NO.ClH/c1-18(8-9-2-4-10(14)5-3-9)12-7-6-11(19-12)13(15,16)17;/h2-7H,8H2,1H3;1H. The second kappa shape index (κ2) is 6.54. The molecule has 0 amide bonds. The Balaban J connectivity index is 0.00000200. The third-order valence-corrected chi connectivity index (χ3v) is 3.11. The fourth-order valence-corrected chi connectivity index (χ4v) is 1.89. The molecule has 7 heteroatoms. The van der Waals surface area contributed by atoms with Crippen LogP contribution < -0.4 is 4.90 Å². The molecule has 0 bridgehead atoms. The van der Waals surface area contributed by atoms with Crippen LogP contribution in [0.5, 0.6) is 0 Å². The molecule has 0 atom stereocenters. The van der Waals surface area contributed by atoms with Crippen molar-refractivity contribution in [3.63, 3.8) is 0 Å². The van der Waals surface area contributed by atoms with E-state index in [9.17, 15) is 13.2 Å². The second-order valence-corrected chi connectivity index (χ2v) is 5.03. The third kappa shape index (κ3) is 4.18. The molecule has 20 heavy (non-hydrogen) atoms. The van der Waals surface area contributed by atoms with Crippen LogP contribution in [0, 0.1) is 0 Å². The van der Waals surface area contributed by atoms with Gasteiger partial charge in [-0.05, 0) is 23.8 Å². The highest BCUT2D eigenvalue weighted by atomic mass is 79.9. The fourth-order valence-electron chi connectivity index (χ4n) is 1.63. The first-order valence-electron chi connectivity index (χ1n) is 5.49. The van der Waals surface area contributed by atoms with Crippen LogP contribution in [0.2, 0.25) is 0 Å². The average Bonchev–Trinajstić information content (AvgIpc) is 2.81.